The molecule has 1 nitrogen and oxygen atoms in total. The molecule has 0 aromatic heterocycles. The zero-order valence-corrected chi connectivity index (χ0v) is 10.9. The lowest BCUT2D eigenvalue weighted by Gasteiger charge is -2.08. The van der Waals surface area contributed by atoms with Gasteiger partial charge in [-0.25, -0.2) is 8.78 Å². The van der Waals surface area contributed by atoms with Gasteiger partial charge in [0.25, 0.3) is 6.43 Å². The largest absolute Gasteiger partial charge is 0.294 e. The number of benzene rings is 1. The van der Waals surface area contributed by atoms with E-state index in [1.165, 1.54) is 19.1 Å². The van der Waals surface area contributed by atoms with Crippen molar-refractivity contribution in [3.05, 3.63) is 31.3 Å². The molecule has 0 aliphatic rings. The predicted molar refractivity (Wildman–Crippen MR) is 61.8 cm³/mol. The maximum atomic E-state index is 12.4. The van der Waals surface area contributed by atoms with Crippen LogP contribution in [0, 0.1) is 3.57 Å². The predicted octanol–water partition coefficient (Wildman–Crippen LogP) is 4.19. The highest BCUT2D eigenvalue weighted by molar-refractivity contribution is 14.1. The maximum absolute atomic E-state index is 12.4. The average Bonchev–Trinajstić information content (AvgIpc) is 2.08. The smallest absolute Gasteiger partial charge is 0.264 e. The van der Waals surface area contributed by atoms with Gasteiger partial charge in [-0.05, 0) is 51.5 Å². The molecule has 0 heterocycles. The SMILES string of the molecule is CC(=O)c1ccc(C(F)F)c(I)c1Br. The topological polar surface area (TPSA) is 17.1 Å². The molecule has 0 saturated carbocycles. The van der Waals surface area contributed by atoms with Gasteiger partial charge in [0.15, 0.2) is 5.78 Å². The Morgan fingerprint density at radius 1 is 1.50 bits per heavy atom. The van der Waals surface area contributed by atoms with Gasteiger partial charge in [-0.1, -0.05) is 6.07 Å². The first-order valence-electron chi connectivity index (χ1n) is 3.72. The van der Waals surface area contributed by atoms with E-state index in [2.05, 4.69) is 15.9 Å². The van der Waals surface area contributed by atoms with Crippen LogP contribution < -0.4 is 0 Å². The molecule has 1 aromatic carbocycles. The van der Waals surface area contributed by atoms with E-state index in [9.17, 15) is 13.6 Å². The van der Waals surface area contributed by atoms with Gasteiger partial charge in [-0.2, -0.15) is 0 Å². The lowest BCUT2D eigenvalue weighted by Crippen LogP contribution is -1.99. The number of Topliss-reactive ketones (excluding diaryl/α,β-unsaturated/α-hetero) is 1. The molecular weight excluding hydrogens is 369 g/mol. The lowest BCUT2D eigenvalue weighted by atomic mass is 10.1. The molecular formula is C9H6BrF2IO. The van der Waals surface area contributed by atoms with Gasteiger partial charge in [0, 0.05) is 19.2 Å². The number of carbonyl (C=O) groups is 1. The van der Waals surface area contributed by atoms with E-state index in [1.54, 1.807) is 22.6 Å². The first-order valence-corrected chi connectivity index (χ1v) is 5.59. The summed E-state index contributed by atoms with van der Waals surface area (Å²) in [5, 5.41) is 0. The van der Waals surface area contributed by atoms with E-state index < -0.39 is 6.43 Å². The van der Waals surface area contributed by atoms with E-state index in [4.69, 9.17) is 0 Å². The summed E-state index contributed by atoms with van der Waals surface area (Å²) in [5.41, 5.74) is 0.376. The molecule has 1 aromatic rings. The summed E-state index contributed by atoms with van der Waals surface area (Å²) in [6, 6.07) is 2.70. The molecule has 0 saturated heterocycles. The number of hydrogen-bond donors (Lipinski definition) is 0. The highest BCUT2D eigenvalue weighted by Crippen LogP contribution is 2.32. The van der Waals surface area contributed by atoms with Gasteiger partial charge in [0.05, 0.1) is 0 Å². The fourth-order valence-corrected chi connectivity index (χ4v) is 2.35. The molecule has 0 aliphatic carbocycles. The van der Waals surface area contributed by atoms with Crippen LogP contribution in [0.3, 0.4) is 0 Å². The number of ketones is 1. The Balaban J connectivity index is 3.33. The van der Waals surface area contributed by atoms with Gasteiger partial charge < -0.3 is 0 Å². The second-order valence-electron chi connectivity index (χ2n) is 2.69. The molecule has 76 valence electrons. The highest BCUT2D eigenvalue weighted by atomic mass is 127. The Bertz CT molecular complexity index is 379. The zero-order valence-electron chi connectivity index (χ0n) is 7.15. The van der Waals surface area contributed by atoms with Gasteiger partial charge in [-0.3, -0.25) is 4.79 Å². The van der Waals surface area contributed by atoms with Crippen molar-refractivity contribution in [2.75, 3.05) is 0 Å². The van der Waals surface area contributed by atoms with Gasteiger partial charge >= 0.3 is 0 Å². The number of alkyl halides is 2. The summed E-state index contributed by atoms with van der Waals surface area (Å²) in [5.74, 6) is -0.143. The van der Waals surface area contributed by atoms with Crippen LogP contribution >= 0.6 is 38.5 Å². The van der Waals surface area contributed by atoms with E-state index in [-0.39, 0.29) is 11.3 Å². The number of halogens is 4. The van der Waals surface area contributed by atoms with E-state index in [1.807, 2.05) is 0 Å². The van der Waals surface area contributed by atoms with Crippen molar-refractivity contribution >= 4 is 44.3 Å². The molecule has 5 heteroatoms. The Hall–Kier alpha value is -0.0400. The van der Waals surface area contributed by atoms with Crippen molar-refractivity contribution in [3.63, 3.8) is 0 Å². The average molecular weight is 375 g/mol. The van der Waals surface area contributed by atoms with E-state index in [0.29, 0.717) is 13.6 Å². The third-order valence-electron chi connectivity index (χ3n) is 1.73. The molecule has 0 N–H and O–H groups in total. The van der Waals surface area contributed by atoms with Crippen molar-refractivity contribution in [2.45, 2.75) is 13.3 Å². The van der Waals surface area contributed by atoms with Crippen LogP contribution in [0.1, 0.15) is 29.3 Å². The molecule has 1 rings (SSSR count). The van der Waals surface area contributed by atoms with Crippen LogP contribution in [-0.4, -0.2) is 5.78 Å². The summed E-state index contributed by atoms with van der Waals surface area (Å²) in [6.07, 6.45) is -2.51. The van der Waals surface area contributed by atoms with Crippen LogP contribution in [0.25, 0.3) is 0 Å². The van der Waals surface area contributed by atoms with Crippen molar-refractivity contribution in [3.8, 4) is 0 Å². The quantitative estimate of drug-likeness (QED) is 0.560. The molecule has 14 heavy (non-hydrogen) atoms. The minimum absolute atomic E-state index is 0.0533. The Morgan fingerprint density at radius 2 is 2.07 bits per heavy atom. The molecule has 0 bridgehead atoms. The van der Waals surface area contributed by atoms with Crippen LogP contribution in [0.5, 0.6) is 0 Å². The highest BCUT2D eigenvalue weighted by Gasteiger charge is 2.17. The standard InChI is InChI=1S/C9H6BrF2IO/c1-4(14)5-2-3-6(9(11)12)8(13)7(5)10/h2-3,9H,1H3. The Morgan fingerprint density at radius 3 is 2.50 bits per heavy atom. The lowest BCUT2D eigenvalue weighted by molar-refractivity contribution is 0.101. The maximum Gasteiger partial charge on any atom is 0.264 e. The van der Waals surface area contributed by atoms with E-state index >= 15 is 0 Å². The number of carbonyl (C=O) groups excluding carboxylic acids is 1. The van der Waals surface area contributed by atoms with Gasteiger partial charge in [0.2, 0.25) is 0 Å². The van der Waals surface area contributed by atoms with Crippen LogP contribution in [0.2, 0.25) is 0 Å². The molecule has 0 spiro atoms. The van der Waals surface area contributed by atoms with Crippen LogP contribution in [0.4, 0.5) is 8.78 Å². The molecule has 0 unspecified atom stereocenters. The summed E-state index contributed by atoms with van der Waals surface area (Å²) in [7, 11) is 0. The molecule has 0 atom stereocenters. The summed E-state index contributed by atoms with van der Waals surface area (Å²) in [6.45, 7) is 1.40. The first-order chi connectivity index (χ1) is 6.45. The third kappa shape index (κ3) is 2.31. The second kappa shape index (κ2) is 4.65. The monoisotopic (exact) mass is 374 g/mol. The summed E-state index contributed by atoms with van der Waals surface area (Å²) in [4.78, 5) is 11.1. The van der Waals surface area contributed by atoms with Gasteiger partial charge in [-0.15, -0.1) is 0 Å². The third-order valence-corrected chi connectivity index (χ3v) is 4.45. The second-order valence-corrected chi connectivity index (χ2v) is 4.56. The van der Waals surface area contributed by atoms with Crippen molar-refractivity contribution in [1.29, 1.82) is 0 Å². The van der Waals surface area contributed by atoms with E-state index in [0.717, 1.165) is 0 Å². The molecule has 0 radical (unpaired) electrons. The summed E-state index contributed by atoms with van der Waals surface area (Å²) >= 11 is 4.94. The van der Waals surface area contributed by atoms with Crippen molar-refractivity contribution in [1.82, 2.24) is 0 Å². The Labute approximate surface area is 102 Å². The van der Waals surface area contributed by atoms with Gasteiger partial charge in [0.1, 0.15) is 0 Å². The molecule has 0 fully saturated rings. The van der Waals surface area contributed by atoms with Crippen LogP contribution in [-0.2, 0) is 0 Å². The fraction of sp³-hybridized carbons (Fsp3) is 0.222. The number of hydrogen-bond acceptors (Lipinski definition) is 1. The van der Waals surface area contributed by atoms with Crippen LogP contribution in [0.15, 0.2) is 16.6 Å². The zero-order chi connectivity index (χ0) is 10.9. The van der Waals surface area contributed by atoms with Crippen molar-refractivity contribution in [2.24, 2.45) is 0 Å². The van der Waals surface area contributed by atoms with Crippen molar-refractivity contribution < 1.29 is 13.6 Å². The normalized spacial score (nSPS) is 10.7. The fourth-order valence-electron chi connectivity index (χ4n) is 1.00. The Kier molecular flexibility index (Phi) is 4.00. The summed E-state index contributed by atoms with van der Waals surface area (Å²) < 4.78 is 25.7. The minimum atomic E-state index is -2.51. The molecule has 0 aliphatic heterocycles. The first kappa shape index (κ1) is 12.0. The minimum Gasteiger partial charge on any atom is -0.294 e. The number of rotatable bonds is 2. The molecule has 0 amide bonds.